The van der Waals surface area contributed by atoms with Crippen LogP contribution in [0.5, 0.6) is 5.75 Å². The van der Waals surface area contributed by atoms with Crippen molar-refractivity contribution in [2.24, 2.45) is 5.10 Å². The van der Waals surface area contributed by atoms with Crippen LogP contribution in [0.4, 0.5) is 0 Å². The molecule has 1 aliphatic rings. The number of rotatable bonds is 7. The van der Waals surface area contributed by atoms with E-state index in [1.54, 1.807) is 25.3 Å². The smallest absolute Gasteiger partial charge is 0.303 e. The summed E-state index contributed by atoms with van der Waals surface area (Å²) < 4.78 is 5.39. The molecule has 3 aromatic rings. The first-order valence-electron chi connectivity index (χ1n) is 10.4. The Morgan fingerprint density at radius 2 is 1.91 bits per heavy atom. The van der Waals surface area contributed by atoms with Gasteiger partial charge in [0.25, 0.3) is 0 Å². The number of hydrogen-bond acceptors (Lipinski definition) is 5. The Bertz CT molecular complexity index is 1240. The third kappa shape index (κ3) is 4.94. The highest BCUT2D eigenvalue weighted by atomic mass is 35.5. The van der Waals surface area contributed by atoms with Crippen LogP contribution >= 0.6 is 23.2 Å². The van der Waals surface area contributed by atoms with Crippen LogP contribution in [0, 0.1) is 0 Å². The Kier molecular flexibility index (Phi) is 6.81. The third-order valence-electron chi connectivity index (χ3n) is 5.49. The van der Waals surface area contributed by atoms with E-state index in [2.05, 4.69) is 10.1 Å². The number of carboxylic acid groups (broad SMARTS) is 1. The number of methoxy groups -OCH3 is 1. The van der Waals surface area contributed by atoms with E-state index in [0.717, 1.165) is 10.9 Å². The number of carbonyl (C=O) groups is 2. The quantitative estimate of drug-likeness (QED) is 0.447. The lowest BCUT2D eigenvalue weighted by atomic mass is 9.98. The number of halogens is 2. The summed E-state index contributed by atoms with van der Waals surface area (Å²) >= 11 is 12.6. The maximum atomic E-state index is 13.0. The number of ether oxygens (including phenoxy) is 1. The molecule has 9 heteroatoms. The van der Waals surface area contributed by atoms with E-state index in [9.17, 15) is 9.59 Å². The molecule has 1 atom stereocenters. The van der Waals surface area contributed by atoms with Crippen molar-refractivity contribution in [1.29, 1.82) is 0 Å². The lowest BCUT2D eigenvalue weighted by molar-refractivity contribution is -0.137. The van der Waals surface area contributed by atoms with Gasteiger partial charge in [-0.05, 0) is 36.2 Å². The number of carboxylic acids is 1. The van der Waals surface area contributed by atoms with Crippen molar-refractivity contribution in [3.63, 3.8) is 0 Å². The molecule has 0 spiro atoms. The molecule has 7 nitrogen and oxygen atoms in total. The molecular weight excluding hydrogens is 465 g/mol. The monoisotopic (exact) mass is 485 g/mol. The molecule has 0 saturated carbocycles. The van der Waals surface area contributed by atoms with E-state index in [-0.39, 0.29) is 30.3 Å². The summed E-state index contributed by atoms with van der Waals surface area (Å²) in [6.07, 6.45) is 0.635. The van der Waals surface area contributed by atoms with Crippen molar-refractivity contribution < 1.29 is 19.4 Å². The van der Waals surface area contributed by atoms with Crippen LogP contribution in [0.2, 0.25) is 10.2 Å². The number of nitrogens with zero attached hydrogens (tertiary/aromatic N) is 3. The number of aliphatic carboxylic acids is 1. The van der Waals surface area contributed by atoms with E-state index < -0.39 is 12.0 Å². The van der Waals surface area contributed by atoms with Gasteiger partial charge >= 0.3 is 5.97 Å². The highest BCUT2D eigenvalue weighted by molar-refractivity contribution is 6.31. The number of hydrazone groups is 1. The van der Waals surface area contributed by atoms with Gasteiger partial charge in [0.1, 0.15) is 16.4 Å². The second kappa shape index (κ2) is 9.77. The summed E-state index contributed by atoms with van der Waals surface area (Å²) in [6.45, 7) is 0. The van der Waals surface area contributed by atoms with Crippen LogP contribution in [0.25, 0.3) is 10.9 Å². The molecule has 2 aromatic carbocycles. The number of fused-ring (bicyclic) bond motifs is 1. The molecule has 170 valence electrons. The molecule has 1 amide bonds. The molecular formula is C24H21Cl2N3O4. The van der Waals surface area contributed by atoms with Crippen molar-refractivity contribution in [3.05, 3.63) is 69.8 Å². The highest BCUT2D eigenvalue weighted by Crippen LogP contribution is 2.39. The highest BCUT2D eigenvalue weighted by Gasteiger charge is 2.34. The fourth-order valence-corrected chi connectivity index (χ4v) is 4.26. The van der Waals surface area contributed by atoms with Gasteiger partial charge in [0.2, 0.25) is 5.91 Å². The van der Waals surface area contributed by atoms with Crippen molar-refractivity contribution in [2.75, 3.05) is 7.11 Å². The van der Waals surface area contributed by atoms with Gasteiger partial charge in [0, 0.05) is 35.2 Å². The lowest BCUT2D eigenvalue weighted by Gasteiger charge is -2.23. The Labute approximate surface area is 200 Å². The average Bonchev–Trinajstić information content (AvgIpc) is 3.23. The zero-order valence-electron chi connectivity index (χ0n) is 17.8. The number of carbonyl (C=O) groups excluding carboxylic acids is 1. The SMILES string of the molecule is COc1cccc2cc([C@H]3CC(c4ccc(Cl)cc4)=NN3C(=O)CCCC(=O)O)c(Cl)nc12. The van der Waals surface area contributed by atoms with E-state index >= 15 is 0 Å². The second-order valence-corrected chi connectivity index (χ2v) is 8.45. The normalized spacial score (nSPS) is 15.5. The van der Waals surface area contributed by atoms with Crippen molar-refractivity contribution in [2.45, 2.75) is 31.7 Å². The summed E-state index contributed by atoms with van der Waals surface area (Å²) in [5.41, 5.74) is 2.85. The minimum absolute atomic E-state index is 0.0622. The van der Waals surface area contributed by atoms with E-state index in [4.69, 9.17) is 33.0 Å². The van der Waals surface area contributed by atoms with Gasteiger partial charge in [-0.25, -0.2) is 9.99 Å². The van der Waals surface area contributed by atoms with Gasteiger partial charge in [0.05, 0.1) is 18.9 Å². The van der Waals surface area contributed by atoms with E-state index in [1.807, 2.05) is 30.3 Å². The predicted octanol–water partition coefficient (Wildman–Crippen LogP) is 5.48. The molecule has 1 aliphatic heterocycles. The summed E-state index contributed by atoms with van der Waals surface area (Å²) in [5.74, 6) is -0.610. The summed E-state index contributed by atoms with van der Waals surface area (Å²) in [4.78, 5) is 28.4. The average molecular weight is 486 g/mol. The van der Waals surface area contributed by atoms with Crippen molar-refractivity contribution in [1.82, 2.24) is 9.99 Å². The van der Waals surface area contributed by atoms with Gasteiger partial charge in [-0.3, -0.25) is 9.59 Å². The van der Waals surface area contributed by atoms with Gasteiger partial charge in [-0.2, -0.15) is 5.10 Å². The summed E-state index contributed by atoms with van der Waals surface area (Å²) in [5, 5.41) is 16.6. The minimum Gasteiger partial charge on any atom is -0.494 e. The first-order chi connectivity index (χ1) is 15.9. The summed E-state index contributed by atoms with van der Waals surface area (Å²) in [6, 6.07) is 14.2. The number of amides is 1. The molecule has 4 rings (SSSR count). The van der Waals surface area contributed by atoms with Gasteiger partial charge < -0.3 is 9.84 Å². The second-order valence-electron chi connectivity index (χ2n) is 7.66. The zero-order valence-corrected chi connectivity index (χ0v) is 19.3. The first-order valence-corrected chi connectivity index (χ1v) is 11.1. The third-order valence-corrected chi connectivity index (χ3v) is 6.05. The van der Waals surface area contributed by atoms with E-state index in [0.29, 0.717) is 34.0 Å². The zero-order chi connectivity index (χ0) is 23.5. The van der Waals surface area contributed by atoms with Crippen molar-refractivity contribution >= 4 is 51.7 Å². The number of para-hydroxylation sites is 1. The van der Waals surface area contributed by atoms with Crippen LogP contribution in [-0.2, 0) is 9.59 Å². The molecule has 0 bridgehead atoms. The molecule has 1 N–H and O–H groups in total. The molecule has 0 unspecified atom stereocenters. The molecule has 0 radical (unpaired) electrons. The molecule has 33 heavy (non-hydrogen) atoms. The van der Waals surface area contributed by atoms with E-state index in [1.165, 1.54) is 5.01 Å². The Balaban J connectivity index is 1.71. The standard InChI is InChI=1S/C24H21Cl2N3O4/c1-33-20-5-2-4-15-12-17(24(26)27-23(15)20)19-13-18(14-8-10-16(25)11-9-14)28-29(19)21(30)6-3-7-22(31)32/h2,4-5,8-12,19H,3,6-7,13H2,1H3,(H,31,32)/t19-/m1/s1. The van der Waals surface area contributed by atoms with Crippen LogP contribution in [0.15, 0.2) is 53.6 Å². The van der Waals surface area contributed by atoms with Crippen LogP contribution in [0.1, 0.15) is 42.9 Å². The maximum Gasteiger partial charge on any atom is 0.303 e. The van der Waals surface area contributed by atoms with Crippen LogP contribution < -0.4 is 4.74 Å². The Hall–Kier alpha value is -3.16. The molecule has 0 fully saturated rings. The lowest BCUT2D eigenvalue weighted by Crippen LogP contribution is -2.27. The molecule has 0 aliphatic carbocycles. The molecule has 2 heterocycles. The van der Waals surface area contributed by atoms with Crippen LogP contribution in [0.3, 0.4) is 0 Å². The topological polar surface area (TPSA) is 92.1 Å². The van der Waals surface area contributed by atoms with Gasteiger partial charge in [-0.1, -0.05) is 47.5 Å². The fourth-order valence-electron chi connectivity index (χ4n) is 3.87. The number of pyridine rings is 1. The molecule has 1 aromatic heterocycles. The van der Waals surface area contributed by atoms with Crippen LogP contribution in [-0.4, -0.2) is 39.8 Å². The molecule has 0 saturated heterocycles. The predicted molar refractivity (Wildman–Crippen MR) is 127 cm³/mol. The number of hydrogen-bond donors (Lipinski definition) is 1. The minimum atomic E-state index is -0.943. The Morgan fingerprint density at radius 3 is 2.61 bits per heavy atom. The number of benzene rings is 2. The Morgan fingerprint density at radius 1 is 1.15 bits per heavy atom. The van der Waals surface area contributed by atoms with Crippen molar-refractivity contribution in [3.8, 4) is 5.75 Å². The first kappa shape index (κ1) is 23.0. The van der Waals surface area contributed by atoms with Gasteiger partial charge in [-0.15, -0.1) is 0 Å². The number of aromatic nitrogens is 1. The maximum absolute atomic E-state index is 13.0. The summed E-state index contributed by atoms with van der Waals surface area (Å²) in [7, 11) is 1.57. The van der Waals surface area contributed by atoms with Gasteiger partial charge in [0.15, 0.2) is 0 Å². The largest absolute Gasteiger partial charge is 0.494 e. The fraction of sp³-hybridized carbons (Fsp3) is 0.250.